The molecule has 76 valence electrons. The molecule has 0 spiro atoms. The Morgan fingerprint density at radius 1 is 1.46 bits per heavy atom. The monoisotopic (exact) mass is 190 g/mol. The van der Waals surface area contributed by atoms with Crippen LogP contribution in [0.1, 0.15) is 13.8 Å². The SMILES string of the molecule is CC(C)(CO)CO.O=C(O)C1=CO1. The third kappa shape index (κ3) is 6.12. The molecule has 0 aromatic rings. The highest BCUT2D eigenvalue weighted by Gasteiger charge is 2.17. The molecule has 5 heteroatoms. The Morgan fingerprint density at radius 3 is 1.85 bits per heavy atom. The summed E-state index contributed by atoms with van der Waals surface area (Å²) in [4.78, 5) is 9.57. The van der Waals surface area contributed by atoms with Gasteiger partial charge in [-0.25, -0.2) is 4.79 Å². The molecule has 0 radical (unpaired) electrons. The first-order chi connectivity index (χ1) is 5.93. The van der Waals surface area contributed by atoms with Crippen LogP contribution >= 0.6 is 0 Å². The number of rotatable bonds is 3. The first-order valence-electron chi connectivity index (χ1n) is 3.75. The number of ether oxygens (including phenoxy) is 1. The van der Waals surface area contributed by atoms with Gasteiger partial charge in [0.1, 0.15) is 6.26 Å². The van der Waals surface area contributed by atoms with Crippen LogP contribution in [-0.4, -0.2) is 34.5 Å². The third-order valence-corrected chi connectivity index (χ3v) is 1.30. The topological polar surface area (TPSA) is 90.3 Å². The molecular weight excluding hydrogens is 176 g/mol. The van der Waals surface area contributed by atoms with Gasteiger partial charge in [0, 0.05) is 5.41 Å². The smallest absolute Gasteiger partial charge is 0.375 e. The Kier molecular flexibility index (Phi) is 4.44. The zero-order valence-corrected chi connectivity index (χ0v) is 7.65. The lowest BCUT2D eigenvalue weighted by Gasteiger charge is -2.16. The van der Waals surface area contributed by atoms with E-state index < -0.39 is 5.97 Å². The van der Waals surface area contributed by atoms with Gasteiger partial charge in [-0.1, -0.05) is 13.8 Å². The van der Waals surface area contributed by atoms with Crippen molar-refractivity contribution in [2.75, 3.05) is 13.2 Å². The van der Waals surface area contributed by atoms with Gasteiger partial charge in [-0.2, -0.15) is 0 Å². The molecular formula is C8H14O5. The van der Waals surface area contributed by atoms with Crippen molar-refractivity contribution in [2.24, 2.45) is 5.41 Å². The van der Waals surface area contributed by atoms with E-state index in [0.29, 0.717) is 0 Å². The van der Waals surface area contributed by atoms with Gasteiger partial charge >= 0.3 is 5.97 Å². The summed E-state index contributed by atoms with van der Waals surface area (Å²) in [7, 11) is 0. The number of hydrogen-bond donors (Lipinski definition) is 3. The first kappa shape index (κ1) is 11.9. The second kappa shape index (κ2) is 4.84. The Morgan fingerprint density at radius 2 is 1.85 bits per heavy atom. The predicted octanol–water partition coefficient (Wildman–Crippen LogP) is -0.0602. The van der Waals surface area contributed by atoms with E-state index in [4.69, 9.17) is 15.3 Å². The molecule has 1 rings (SSSR count). The van der Waals surface area contributed by atoms with Crippen molar-refractivity contribution in [3.8, 4) is 0 Å². The van der Waals surface area contributed by atoms with Gasteiger partial charge in [0.05, 0.1) is 13.2 Å². The highest BCUT2D eigenvalue weighted by molar-refractivity contribution is 5.86. The van der Waals surface area contributed by atoms with Gasteiger partial charge < -0.3 is 20.1 Å². The zero-order chi connectivity index (χ0) is 10.5. The van der Waals surface area contributed by atoms with Crippen LogP contribution < -0.4 is 0 Å². The van der Waals surface area contributed by atoms with E-state index in [2.05, 4.69) is 4.74 Å². The number of carbonyl (C=O) groups is 1. The van der Waals surface area contributed by atoms with Crippen molar-refractivity contribution in [1.29, 1.82) is 0 Å². The zero-order valence-electron chi connectivity index (χ0n) is 7.65. The molecule has 0 saturated carbocycles. The fourth-order valence-electron chi connectivity index (χ4n) is 0.180. The average molecular weight is 190 g/mol. The summed E-state index contributed by atoms with van der Waals surface area (Å²) in [5.74, 6) is -0.940. The Balaban J connectivity index is 0.000000223. The third-order valence-electron chi connectivity index (χ3n) is 1.30. The fourth-order valence-corrected chi connectivity index (χ4v) is 0.180. The van der Waals surface area contributed by atoms with Gasteiger partial charge in [0.15, 0.2) is 0 Å². The van der Waals surface area contributed by atoms with Gasteiger partial charge in [0.2, 0.25) is 5.76 Å². The number of hydrogen-bond acceptors (Lipinski definition) is 4. The molecule has 1 aliphatic heterocycles. The molecule has 0 saturated heterocycles. The van der Waals surface area contributed by atoms with Gasteiger partial charge in [0.25, 0.3) is 0 Å². The van der Waals surface area contributed by atoms with E-state index in [0.717, 1.165) is 0 Å². The fraction of sp³-hybridized carbons (Fsp3) is 0.625. The molecule has 13 heavy (non-hydrogen) atoms. The van der Waals surface area contributed by atoms with Crippen LogP contribution in [0.5, 0.6) is 0 Å². The minimum atomic E-state index is -0.991. The molecule has 1 aliphatic rings. The van der Waals surface area contributed by atoms with E-state index in [1.54, 1.807) is 13.8 Å². The van der Waals surface area contributed by atoms with Crippen LogP contribution in [0.15, 0.2) is 12.0 Å². The maximum atomic E-state index is 9.57. The number of aliphatic carboxylic acids is 1. The van der Waals surface area contributed by atoms with Crippen LogP contribution in [0.3, 0.4) is 0 Å². The second-order valence-corrected chi connectivity index (χ2v) is 3.39. The number of aliphatic hydroxyl groups excluding tert-OH is 2. The van der Waals surface area contributed by atoms with E-state index in [-0.39, 0.29) is 24.4 Å². The van der Waals surface area contributed by atoms with Crippen molar-refractivity contribution < 1.29 is 24.9 Å². The maximum Gasteiger partial charge on any atom is 0.375 e. The summed E-state index contributed by atoms with van der Waals surface area (Å²) in [6.45, 7) is 3.69. The lowest BCUT2D eigenvalue weighted by atomic mass is 9.97. The highest BCUT2D eigenvalue weighted by Crippen LogP contribution is 2.11. The average Bonchev–Trinajstić information content (AvgIpc) is 2.88. The van der Waals surface area contributed by atoms with E-state index in [1.807, 2.05) is 0 Å². The quantitative estimate of drug-likeness (QED) is 0.580. The van der Waals surface area contributed by atoms with Crippen molar-refractivity contribution in [1.82, 2.24) is 0 Å². The van der Waals surface area contributed by atoms with Crippen molar-refractivity contribution in [3.05, 3.63) is 12.0 Å². The predicted molar refractivity (Wildman–Crippen MR) is 44.8 cm³/mol. The molecule has 3 N–H and O–H groups in total. The van der Waals surface area contributed by atoms with Gasteiger partial charge in [-0.3, -0.25) is 0 Å². The highest BCUT2D eigenvalue weighted by atomic mass is 16.6. The summed E-state index contributed by atoms with van der Waals surface area (Å²) in [5.41, 5.74) is -0.306. The molecule has 0 bridgehead atoms. The van der Waals surface area contributed by atoms with Crippen molar-refractivity contribution in [3.63, 3.8) is 0 Å². The molecule has 0 atom stereocenters. The molecule has 0 amide bonds. The Bertz CT molecular complexity index is 201. The largest absolute Gasteiger partial charge is 0.475 e. The normalized spacial score (nSPS) is 13.4. The number of aliphatic hydroxyl groups is 2. The van der Waals surface area contributed by atoms with Crippen LogP contribution in [0, 0.1) is 5.41 Å². The van der Waals surface area contributed by atoms with Crippen LogP contribution in [0.2, 0.25) is 0 Å². The molecule has 0 aliphatic carbocycles. The Hall–Kier alpha value is -1.07. The maximum absolute atomic E-state index is 9.57. The summed E-state index contributed by atoms with van der Waals surface area (Å²) >= 11 is 0. The van der Waals surface area contributed by atoms with E-state index >= 15 is 0 Å². The molecule has 0 aromatic heterocycles. The number of carboxylic acid groups (broad SMARTS) is 1. The van der Waals surface area contributed by atoms with Crippen molar-refractivity contribution >= 4 is 5.97 Å². The van der Waals surface area contributed by atoms with Crippen LogP contribution in [0.25, 0.3) is 0 Å². The van der Waals surface area contributed by atoms with Gasteiger partial charge in [-0.15, -0.1) is 0 Å². The molecule has 0 unspecified atom stereocenters. The minimum Gasteiger partial charge on any atom is -0.475 e. The van der Waals surface area contributed by atoms with E-state index in [1.165, 1.54) is 6.26 Å². The second-order valence-electron chi connectivity index (χ2n) is 3.39. The standard InChI is InChI=1S/C5H12O2.C3H2O3/c1-5(2,3-6)4-7;4-3(5)2-1-6-2/h6-7H,3-4H2,1-2H3;1H,(H,4,5). The lowest BCUT2D eigenvalue weighted by Crippen LogP contribution is -2.20. The molecule has 0 aromatic carbocycles. The van der Waals surface area contributed by atoms with Crippen LogP contribution in [0.4, 0.5) is 0 Å². The van der Waals surface area contributed by atoms with E-state index in [9.17, 15) is 4.79 Å². The van der Waals surface area contributed by atoms with Crippen molar-refractivity contribution in [2.45, 2.75) is 13.8 Å². The Labute approximate surface area is 76.3 Å². The molecule has 1 heterocycles. The summed E-state index contributed by atoms with van der Waals surface area (Å²) in [5, 5.41) is 24.7. The first-order valence-corrected chi connectivity index (χ1v) is 3.75. The summed E-state index contributed by atoms with van der Waals surface area (Å²) in [6, 6.07) is 0. The molecule has 5 nitrogen and oxygen atoms in total. The van der Waals surface area contributed by atoms with Crippen LogP contribution in [-0.2, 0) is 9.53 Å². The molecule has 0 fully saturated rings. The minimum absolute atomic E-state index is 0.0451. The summed E-state index contributed by atoms with van der Waals surface area (Å²) < 4.78 is 4.16. The van der Waals surface area contributed by atoms with Gasteiger partial charge in [-0.05, 0) is 0 Å². The lowest BCUT2D eigenvalue weighted by molar-refractivity contribution is -0.133. The summed E-state index contributed by atoms with van der Waals surface area (Å²) in [6.07, 6.45) is 1.18. The number of carboxylic acids is 1.